The van der Waals surface area contributed by atoms with Crippen molar-refractivity contribution in [1.29, 1.82) is 0 Å². The average molecular weight is 382 g/mol. The number of hydrogen-bond donors (Lipinski definition) is 1. The number of hydrogen-bond acceptors (Lipinski definition) is 4. The van der Waals surface area contributed by atoms with Gasteiger partial charge in [0.1, 0.15) is 0 Å². The molecule has 0 aliphatic carbocycles. The lowest BCUT2D eigenvalue weighted by atomic mass is 9.99. The van der Waals surface area contributed by atoms with Crippen LogP contribution in [0.3, 0.4) is 0 Å². The monoisotopic (exact) mass is 381 g/mol. The minimum atomic E-state index is -3.37. The molecular weight excluding hydrogens is 362 g/mol. The quantitative estimate of drug-likeness (QED) is 0.845. The van der Waals surface area contributed by atoms with Gasteiger partial charge in [0.15, 0.2) is 0 Å². The highest BCUT2D eigenvalue weighted by molar-refractivity contribution is 9.11. The molecule has 1 aromatic heterocycles. The number of thiophene rings is 1. The Balaban J connectivity index is 1.99. The molecule has 0 aromatic carbocycles. The zero-order valence-corrected chi connectivity index (χ0v) is 14.7. The molecule has 1 fully saturated rings. The second kappa shape index (κ2) is 6.85. The molecular formula is C12H20BrN3O2S2. The number of nitrogens with two attached hydrogens (primary N) is 1. The zero-order chi connectivity index (χ0) is 14.8. The van der Waals surface area contributed by atoms with Crippen molar-refractivity contribution in [3.8, 4) is 0 Å². The first-order valence-corrected chi connectivity index (χ1v) is 9.65. The van der Waals surface area contributed by atoms with Gasteiger partial charge in [-0.3, -0.25) is 0 Å². The maximum atomic E-state index is 12.5. The van der Waals surface area contributed by atoms with Crippen molar-refractivity contribution in [3.05, 3.63) is 20.8 Å². The molecule has 0 bridgehead atoms. The normalized spacial score (nSPS) is 18.8. The third kappa shape index (κ3) is 3.80. The first-order chi connectivity index (χ1) is 9.43. The molecule has 2 N–H and O–H groups in total. The van der Waals surface area contributed by atoms with Gasteiger partial charge < -0.3 is 5.73 Å². The first-order valence-electron chi connectivity index (χ1n) is 6.58. The van der Waals surface area contributed by atoms with Crippen molar-refractivity contribution < 1.29 is 8.42 Å². The van der Waals surface area contributed by atoms with Crippen molar-refractivity contribution in [2.24, 2.45) is 11.7 Å². The van der Waals surface area contributed by atoms with Gasteiger partial charge in [-0.1, -0.05) is 0 Å². The van der Waals surface area contributed by atoms with Gasteiger partial charge in [-0.15, -0.1) is 11.3 Å². The van der Waals surface area contributed by atoms with Gasteiger partial charge in [0, 0.05) is 26.7 Å². The SMILES string of the molecule is CN(Cc1csc(Br)c1)S(=O)(=O)N1CCC(CN)CC1. The summed E-state index contributed by atoms with van der Waals surface area (Å²) in [6.45, 7) is 2.19. The first kappa shape index (κ1) is 16.4. The van der Waals surface area contributed by atoms with E-state index in [1.807, 2.05) is 11.4 Å². The molecule has 5 nitrogen and oxygen atoms in total. The molecule has 114 valence electrons. The highest BCUT2D eigenvalue weighted by Crippen LogP contribution is 2.24. The maximum absolute atomic E-state index is 12.5. The molecule has 0 amide bonds. The van der Waals surface area contributed by atoms with Gasteiger partial charge in [-0.2, -0.15) is 17.0 Å². The Morgan fingerprint density at radius 1 is 1.50 bits per heavy atom. The van der Waals surface area contributed by atoms with E-state index in [-0.39, 0.29) is 0 Å². The Morgan fingerprint density at radius 2 is 2.15 bits per heavy atom. The van der Waals surface area contributed by atoms with E-state index in [1.165, 1.54) is 4.31 Å². The Hall–Kier alpha value is 0.01000. The second-order valence-corrected chi connectivity index (χ2v) is 9.43. The summed E-state index contributed by atoms with van der Waals surface area (Å²) >= 11 is 4.96. The van der Waals surface area contributed by atoms with Gasteiger partial charge in [-0.25, -0.2) is 0 Å². The fourth-order valence-corrected chi connectivity index (χ4v) is 4.92. The average Bonchev–Trinajstić information content (AvgIpc) is 2.84. The Kier molecular flexibility index (Phi) is 5.61. The minimum absolute atomic E-state index is 0.404. The van der Waals surface area contributed by atoms with Crippen LogP contribution in [-0.4, -0.2) is 43.7 Å². The molecule has 0 saturated carbocycles. The van der Waals surface area contributed by atoms with Crippen LogP contribution in [0.2, 0.25) is 0 Å². The van der Waals surface area contributed by atoms with Crippen molar-refractivity contribution >= 4 is 37.5 Å². The fourth-order valence-electron chi connectivity index (χ4n) is 2.34. The van der Waals surface area contributed by atoms with Crippen LogP contribution in [0, 0.1) is 5.92 Å². The maximum Gasteiger partial charge on any atom is 0.282 e. The summed E-state index contributed by atoms with van der Waals surface area (Å²) in [5.41, 5.74) is 6.64. The smallest absolute Gasteiger partial charge is 0.282 e. The number of halogens is 1. The van der Waals surface area contributed by atoms with Crippen LogP contribution >= 0.6 is 27.3 Å². The minimum Gasteiger partial charge on any atom is -0.330 e. The lowest BCUT2D eigenvalue weighted by molar-refractivity contribution is 0.262. The van der Waals surface area contributed by atoms with E-state index in [0.717, 1.165) is 22.2 Å². The van der Waals surface area contributed by atoms with Gasteiger partial charge in [0.2, 0.25) is 0 Å². The van der Waals surface area contributed by atoms with E-state index < -0.39 is 10.2 Å². The van der Waals surface area contributed by atoms with Crippen LogP contribution < -0.4 is 5.73 Å². The number of piperidine rings is 1. The van der Waals surface area contributed by atoms with E-state index in [4.69, 9.17) is 5.73 Å². The van der Waals surface area contributed by atoms with Crippen LogP contribution in [0.4, 0.5) is 0 Å². The standard InChI is InChI=1S/C12H20BrN3O2S2/c1-15(8-11-6-12(13)19-9-11)20(17,18)16-4-2-10(7-14)3-5-16/h6,9-10H,2-5,7-8,14H2,1H3. The van der Waals surface area contributed by atoms with E-state index >= 15 is 0 Å². The van der Waals surface area contributed by atoms with Crippen molar-refractivity contribution in [2.75, 3.05) is 26.7 Å². The van der Waals surface area contributed by atoms with E-state index in [9.17, 15) is 8.42 Å². The lowest BCUT2D eigenvalue weighted by Gasteiger charge is -2.33. The highest BCUT2D eigenvalue weighted by atomic mass is 79.9. The summed E-state index contributed by atoms with van der Waals surface area (Å²) in [6, 6.07) is 1.96. The fraction of sp³-hybridized carbons (Fsp3) is 0.667. The van der Waals surface area contributed by atoms with Gasteiger partial charge in [0.05, 0.1) is 3.79 Å². The molecule has 1 aliphatic heterocycles. The Bertz CT molecular complexity index is 539. The summed E-state index contributed by atoms with van der Waals surface area (Å²) in [5, 5.41) is 1.97. The van der Waals surface area contributed by atoms with Gasteiger partial charge in [-0.05, 0) is 58.2 Å². The molecule has 0 atom stereocenters. The lowest BCUT2D eigenvalue weighted by Crippen LogP contribution is -2.46. The van der Waals surface area contributed by atoms with Crippen LogP contribution in [0.15, 0.2) is 15.2 Å². The number of nitrogens with zero attached hydrogens (tertiary/aromatic N) is 2. The van der Waals surface area contributed by atoms with E-state index in [2.05, 4.69) is 15.9 Å². The topological polar surface area (TPSA) is 66.6 Å². The van der Waals surface area contributed by atoms with Crippen LogP contribution in [-0.2, 0) is 16.8 Å². The van der Waals surface area contributed by atoms with Crippen molar-refractivity contribution in [2.45, 2.75) is 19.4 Å². The molecule has 8 heteroatoms. The summed E-state index contributed by atoms with van der Waals surface area (Å²) in [6.07, 6.45) is 1.71. The molecule has 20 heavy (non-hydrogen) atoms. The van der Waals surface area contributed by atoms with Crippen molar-refractivity contribution in [3.63, 3.8) is 0 Å². The van der Waals surface area contributed by atoms with E-state index in [1.54, 1.807) is 22.7 Å². The molecule has 2 rings (SSSR count). The van der Waals surface area contributed by atoms with Crippen LogP contribution in [0.25, 0.3) is 0 Å². The molecule has 0 unspecified atom stereocenters. The van der Waals surface area contributed by atoms with Crippen molar-refractivity contribution in [1.82, 2.24) is 8.61 Å². The molecule has 1 saturated heterocycles. The predicted molar refractivity (Wildman–Crippen MR) is 85.8 cm³/mol. The van der Waals surface area contributed by atoms with Gasteiger partial charge in [0.25, 0.3) is 10.2 Å². The second-order valence-electron chi connectivity index (χ2n) is 5.10. The molecule has 0 radical (unpaired) electrons. The van der Waals surface area contributed by atoms with Crippen LogP contribution in [0.1, 0.15) is 18.4 Å². The third-order valence-corrected chi connectivity index (χ3v) is 7.14. The Morgan fingerprint density at radius 3 is 2.65 bits per heavy atom. The highest BCUT2D eigenvalue weighted by Gasteiger charge is 2.30. The molecule has 0 spiro atoms. The van der Waals surface area contributed by atoms with E-state index in [0.29, 0.717) is 32.1 Å². The Labute approximate surface area is 133 Å². The summed E-state index contributed by atoms with van der Waals surface area (Å²) < 4.78 is 29.0. The van der Waals surface area contributed by atoms with Crippen LogP contribution in [0.5, 0.6) is 0 Å². The third-order valence-electron chi connectivity index (χ3n) is 3.65. The summed E-state index contributed by atoms with van der Waals surface area (Å²) in [7, 11) is -1.73. The zero-order valence-electron chi connectivity index (χ0n) is 11.5. The summed E-state index contributed by atoms with van der Waals surface area (Å²) in [5.74, 6) is 0.458. The number of rotatable bonds is 5. The predicted octanol–water partition coefficient (Wildman–Crippen LogP) is 1.86. The largest absolute Gasteiger partial charge is 0.330 e. The molecule has 2 heterocycles. The van der Waals surface area contributed by atoms with Gasteiger partial charge >= 0.3 is 0 Å². The summed E-state index contributed by atoms with van der Waals surface area (Å²) in [4.78, 5) is 0. The molecule has 1 aromatic rings. The molecule has 1 aliphatic rings.